The third-order valence-electron chi connectivity index (χ3n) is 7.00. The summed E-state index contributed by atoms with van der Waals surface area (Å²) < 4.78 is 118. The van der Waals surface area contributed by atoms with E-state index in [1.807, 2.05) is 30.3 Å². The van der Waals surface area contributed by atoms with E-state index >= 15 is 0 Å². The summed E-state index contributed by atoms with van der Waals surface area (Å²) in [5.41, 5.74) is 2.42. The Balaban J connectivity index is 1.53. The molecule has 0 saturated carbocycles. The maximum absolute atomic E-state index is 9.17. The Kier molecular flexibility index (Phi) is 2.82. The van der Waals surface area contributed by atoms with E-state index in [2.05, 4.69) is 0 Å². The second kappa shape index (κ2) is 8.72. The van der Waals surface area contributed by atoms with E-state index < -0.39 is 78.6 Å². The van der Waals surface area contributed by atoms with Crippen LogP contribution in [0.1, 0.15) is 17.8 Å². The fourth-order valence-corrected chi connectivity index (χ4v) is 5.28. The first-order valence-corrected chi connectivity index (χ1v) is 12.3. The maximum Gasteiger partial charge on any atom is 0.136 e. The predicted molar refractivity (Wildman–Crippen MR) is 165 cm³/mol. The largest absolute Gasteiger partial charge is 0.456 e. The van der Waals surface area contributed by atoms with Gasteiger partial charge in [-0.05, 0) is 73.1 Å². The number of para-hydroxylation sites is 1. The van der Waals surface area contributed by atoms with E-state index in [1.54, 1.807) is 24.3 Å². The molecule has 0 bridgehead atoms. The number of hydrogen-bond donors (Lipinski definition) is 0. The van der Waals surface area contributed by atoms with Gasteiger partial charge in [-0.15, -0.1) is 0 Å². The van der Waals surface area contributed by atoms with Gasteiger partial charge >= 0.3 is 0 Å². The Morgan fingerprint density at radius 3 is 1.56 bits per heavy atom. The van der Waals surface area contributed by atoms with Gasteiger partial charge < -0.3 is 4.42 Å². The maximum atomic E-state index is 9.17. The van der Waals surface area contributed by atoms with E-state index in [0.29, 0.717) is 22.3 Å². The molecule has 0 radical (unpaired) electrons. The lowest BCUT2D eigenvalue weighted by atomic mass is 9.85. The van der Waals surface area contributed by atoms with Crippen LogP contribution < -0.4 is 0 Å². The molecule has 0 spiro atoms. The molecule has 0 unspecified atom stereocenters. The predicted octanol–water partition coefficient (Wildman–Crippen LogP) is 10.9. The van der Waals surface area contributed by atoms with E-state index in [0.717, 1.165) is 10.8 Å². The lowest BCUT2D eigenvalue weighted by Crippen LogP contribution is -1.91. The number of hydrogen-bond acceptors (Lipinski definition) is 1. The summed E-state index contributed by atoms with van der Waals surface area (Å²) in [7, 11) is 0. The van der Waals surface area contributed by atoms with Crippen molar-refractivity contribution in [2.75, 3.05) is 0 Å². The lowest BCUT2D eigenvalue weighted by molar-refractivity contribution is 0.669. The van der Waals surface area contributed by atoms with Crippen LogP contribution in [-0.2, 0) is 0 Å². The van der Waals surface area contributed by atoms with Crippen molar-refractivity contribution in [3.8, 4) is 33.4 Å². The minimum atomic E-state index is -0.534. The highest BCUT2D eigenvalue weighted by molar-refractivity contribution is 6.22. The first-order valence-electron chi connectivity index (χ1n) is 18.8. The van der Waals surface area contributed by atoms with Gasteiger partial charge in [-0.1, -0.05) is 127 Å². The SMILES string of the molecule is [2H]c1c([2H])c([2H])c(-c2ccc(-c3c4c([2H])c([2H])c([2H])c([2H])c4c(-c4ccc5c(c4)oc4ccccc45)c4c([2H])c([2H])c([2H])c([2H])c34)cc2)c([2H])c1[2H]. The summed E-state index contributed by atoms with van der Waals surface area (Å²) in [6.07, 6.45) is 0. The molecule has 1 heterocycles. The quantitative estimate of drug-likeness (QED) is 0.216. The van der Waals surface area contributed by atoms with Crippen molar-refractivity contribution in [2.45, 2.75) is 0 Å². The fourth-order valence-electron chi connectivity index (χ4n) is 5.28. The Labute approximate surface area is 244 Å². The molecule has 8 aromatic rings. The summed E-state index contributed by atoms with van der Waals surface area (Å²) >= 11 is 0. The molecule has 1 heteroatoms. The van der Waals surface area contributed by atoms with Gasteiger partial charge in [0.2, 0.25) is 0 Å². The van der Waals surface area contributed by atoms with E-state index in [1.165, 1.54) is 12.1 Å². The zero-order valence-electron chi connectivity index (χ0n) is 33.3. The fraction of sp³-hybridized carbons (Fsp3) is 0. The molecule has 7 aromatic carbocycles. The lowest BCUT2D eigenvalue weighted by Gasteiger charge is -2.18. The standard InChI is InChI=1S/C38H24O/c1-2-10-25(11-3-1)26-18-20-27(21-19-26)37-31-13-4-6-15-33(31)38(34-16-7-5-14-32(34)37)28-22-23-30-29-12-8-9-17-35(29)39-36(30)24-28/h1-24H/i1D,2D,3D,4D,5D,6D,7D,10D,11D,13D,14D,15D,16D. The molecule has 0 aliphatic heterocycles. The number of benzene rings is 7. The van der Waals surface area contributed by atoms with Crippen LogP contribution in [0, 0.1) is 0 Å². The number of furan rings is 1. The molecule has 0 fully saturated rings. The van der Waals surface area contributed by atoms with Gasteiger partial charge in [-0.3, -0.25) is 0 Å². The normalized spacial score (nSPS) is 16.3. The second-order valence-electron chi connectivity index (χ2n) is 9.14. The molecular weight excluding hydrogens is 472 g/mol. The van der Waals surface area contributed by atoms with Crippen LogP contribution in [0.5, 0.6) is 0 Å². The van der Waals surface area contributed by atoms with Gasteiger partial charge in [-0.25, -0.2) is 0 Å². The Morgan fingerprint density at radius 1 is 0.385 bits per heavy atom. The van der Waals surface area contributed by atoms with Crippen LogP contribution in [0.3, 0.4) is 0 Å². The van der Waals surface area contributed by atoms with Gasteiger partial charge in [0.15, 0.2) is 0 Å². The Hall–Kier alpha value is -5.14. The smallest absolute Gasteiger partial charge is 0.136 e. The molecule has 0 amide bonds. The Bertz CT molecular complexity index is 2770. The van der Waals surface area contributed by atoms with Crippen molar-refractivity contribution in [1.29, 1.82) is 0 Å². The number of rotatable bonds is 3. The average Bonchev–Trinajstić information content (AvgIpc) is 3.53. The first kappa shape index (κ1) is 12.6. The summed E-state index contributed by atoms with van der Waals surface area (Å²) in [5.74, 6) is 0. The first-order chi connectivity index (χ1) is 24.7. The molecule has 1 aromatic heterocycles. The van der Waals surface area contributed by atoms with Crippen LogP contribution in [0.25, 0.3) is 76.9 Å². The minimum Gasteiger partial charge on any atom is -0.456 e. The minimum absolute atomic E-state index is 0.0267. The highest BCUT2D eigenvalue weighted by Gasteiger charge is 2.17. The van der Waals surface area contributed by atoms with Crippen LogP contribution in [0.15, 0.2) is 150 Å². The molecule has 0 atom stereocenters. The van der Waals surface area contributed by atoms with Gasteiger partial charge in [-0.2, -0.15) is 0 Å². The van der Waals surface area contributed by atoms with Crippen LogP contribution >= 0.6 is 0 Å². The number of fused-ring (bicyclic) bond motifs is 5. The summed E-state index contributed by atoms with van der Waals surface area (Å²) in [6, 6.07) is 12.8. The summed E-state index contributed by atoms with van der Waals surface area (Å²) in [5, 5.41) is 1.81. The van der Waals surface area contributed by atoms with Crippen molar-refractivity contribution in [3.63, 3.8) is 0 Å². The molecule has 1 nitrogen and oxygen atoms in total. The zero-order chi connectivity index (χ0) is 37.1. The van der Waals surface area contributed by atoms with Crippen molar-refractivity contribution in [1.82, 2.24) is 0 Å². The molecular formula is C38H24O. The van der Waals surface area contributed by atoms with Gasteiger partial charge in [0.05, 0.1) is 17.8 Å². The van der Waals surface area contributed by atoms with Crippen molar-refractivity contribution in [3.05, 3.63) is 145 Å². The van der Waals surface area contributed by atoms with Gasteiger partial charge in [0.1, 0.15) is 11.2 Å². The van der Waals surface area contributed by atoms with E-state index in [4.69, 9.17) is 19.5 Å². The second-order valence-corrected chi connectivity index (χ2v) is 9.14. The van der Waals surface area contributed by atoms with Gasteiger partial charge in [0.25, 0.3) is 0 Å². The third-order valence-corrected chi connectivity index (χ3v) is 7.00. The van der Waals surface area contributed by atoms with E-state index in [-0.39, 0.29) is 43.8 Å². The average molecular weight is 510 g/mol. The van der Waals surface area contributed by atoms with Crippen LogP contribution in [0.2, 0.25) is 0 Å². The molecule has 8 rings (SSSR count). The monoisotopic (exact) mass is 509 g/mol. The molecule has 0 aliphatic rings. The van der Waals surface area contributed by atoms with Gasteiger partial charge in [0, 0.05) is 10.8 Å². The van der Waals surface area contributed by atoms with Crippen LogP contribution in [0.4, 0.5) is 0 Å². The molecule has 0 aliphatic carbocycles. The summed E-state index contributed by atoms with van der Waals surface area (Å²) in [4.78, 5) is 0. The highest BCUT2D eigenvalue weighted by atomic mass is 16.3. The molecule has 182 valence electrons. The van der Waals surface area contributed by atoms with E-state index in [9.17, 15) is 2.74 Å². The Morgan fingerprint density at radius 2 is 0.897 bits per heavy atom. The van der Waals surface area contributed by atoms with Crippen LogP contribution in [-0.4, -0.2) is 0 Å². The topological polar surface area (TPSA) is 13.1 Å². The summed E-state index contributed by atoms with van der Waals surface area (Å²) in [6.45, 7) is 0. The molecule has 0 saturated heterocycles. The highest BCUT2D eigenvalue weighted by Crippen LogP contribution is 2.44. The zero-order valence-corrected chi connectivity index (χ0v) is 20.3. The van der Waals surface area contributed by atoms with Crippen molar-refractivity contribution < 1.29 is 22.2 Å². The van der Waals surface area contributed by atoms with Crippen molar-refractivity contribution in [2.24, 2.45) is 0 Å². The molecule has 0 N–H and O–H groups in total. The molecule has 39 heavy (non-hydrogen) atoms. The third kappa shape index (κ3) is 3.48. The van der Waals surface area contributed by atoms with Crippen molar-refractivity contribution >= 4 is 43.5 Å².